The lowest BCUT2D eigenvalue weighted by Gasteiger charge is -2.10. The highest BCUT2D eigenvalue weighted by molar-refractivity contribution is 5.20. The topological polar surface area (TPSA) is 53.9 Å². The number of furan rings is 1. The number of hydrogen-bond acceptors (Lipinski definition) is 3. The average molecular weight is 219 g/mol. The Balaban J connectivity index is 1.95. The smallest absolute Gasteiger partial charge is 0.105 e. The van der Waals surface area contributed by atoms with Crippen molar-refractivity contribution in [2.24, 2.45) is 0 Å². The summed E-state index contributed by atoms with van der Waals surface area (Å²) in [5.74, 6) is 1.95. The molecule has 4 heteroatoms. The van der Waals surface area contributed by atoms with Gasteiger partial charge >= 0.3 is 0 Å². The van der Waals surface area contributed by atoms with E-state index in [1.54, 1.807) is 0 Å². The summed E-state index contributed by atoms with van der Waals surface area (Å²) >= 11 is 0. The summed E-state index contributed by atoms with van der Waals surface area (Å²) in [6, 6.07) is 2.36. The zero-order valence-electron chi connectivity index (χ0n) is 9.87. The molecular formula is C12H17N3O. The van der Waals surface area contributed by atoms with E-state index in [4.69, 9.17) is 4.42 Å². The van der Waals surface area contributed by atoms with Crippen molar-refractivity contribution in [3.8, 4) is 0 Å². The Kier molecular flexibility index (Phi) is 3.10. The second kappa shape index (κ2) is 4.53. The van der Waals surface area contributed by atoms with Gasteiger partial charge in [-0.15, -0.1) is 0 Å². The molecule has 0 spiro atoms. The normalized spacial score (nSPS) is 12.9. The fourth-order valence-electron chi connectivity index (χ4n) is 1.74. The summed E-state index contributed by atoms with van der Waals surface area (Å²) in [4.78, 5) is 0. The van der Waals surface area contributed by atoms with Crippen LogP contribution >= 0.6 is 0 Å². The third-order valence-electron chi connectivity index (χ3n) is 2.76. The first kappa shape index (κ1) is 11.0. The van der Waals surface area contributed by atoms with Crippen molar-refractivity contribution in [2.75, 3.05) is 0 Å². The fraction of sp³-hybridized carbons (Fsp3) is 0.417. The van der Waals surface area contributed by atoms with Crippen molar-refractivity contribution in [1.29, 1.82) is 0 Å². The van der Waals surface area contributed by atoms with E-state index in [1.165, 1.54) is 5.56 Å². The molecule has 2 N–H and O–H groups in total. The molecule has 0 bridgehead atoms. The number of nitrogens with zero attached hydrogens (tertiary/aromatic N) is 1. The van der Waals surface area contributed by atoms with E-state index in [9.17, 15) is 0 Å². The maximum Gasteiger partial charge on any atom is 0.105 e. The van der Waals surface area contributed by atoms with E-state index in [-0.39, 0.29) is 6.04 Å². The van der Waals surface area contributed by atoms with Crippen LogP contribution in [0.15, 0.2) is 22.9 Å². The molecule has 0 saturated heterocycles. The van der Waals surface area contributed by atoms with Gasteiger partial charge in [0.25, 0.3) is 0 Å². The Morgan fingerprint density at radius 3 is 2.88 bits per heavy atom. The Morgan fingerprint density at radius 2 is 2.31 bits per heavy atom. The summed E-state index contributed by atoms with van der Waals surface area (Å²) in [6.07, 6.45) is 3.75. The zero-order chi connectivity index (χ0) is 11.5. The van der Waals surface area contributed by atoms with Crippen molar-refractivity contribution in [3.63, 3.8) is 0 Å². The van der Waals surface area contributed by atoms with E-state index in [0.29, 0.717) is 0 Å². The van der Waals surface area contributed by atoms with Crippen LogP contribution in [0, 0.1) is 13.8 Å². The zero-order valence-corrected chi connectivity index (χ0v) is 9.87. The number of aryl methyl sites for hydroxylation is 2. The van der Waals surface area contributed by atoms with E-state index in [0.717, 1.165) is 23.6 Å². The Labute approximate surface area is 95.1 Å². The van der Waals surface area contributed by atoms with Gasteiger partial charge in [0.15, 0.2) is 0 Å². The van der Waals surface area contributed by atoms with Crippen molar-refractivity contribution in [3.05, 3.63) is 41.1 Å². The number of rotatable bonds is 4. The highest BCUT2D eigenvalue weighted by Gasteiger charge is 2.08. The average Bonchev–Trinajstić information content (AvgIpc) is 2.84. The van der Waals surface area contributed by atoms with Crippen molar-refractivity contribution >= 4 is 0 Å². The Morgan fingerprint density at radius 1 is 1.50 bits per heavy atom. The van der Waals surface area contributed by atoms with Gasteiger partial charge in [0.05, 0.1) is 6.20 Å². The molecule has 2 aromatic heterocycles. The molecule has 86 valence electrons. The van der Waals surface area contributed by atoms with E-state index in [1.807, 2.05) is 26.2 Å². The van der Waals surface area contributed by atoms with Gasteiger partial charge in [0.1, 0.15) is 11.5 Å². The van der Waals surface area contributed by atoms with Crippen LogP contribution in [0.5, 0.6) is 0 Å². The quantitative estimate of drug-likeness (QED) is 0.830. The minimum Gasteiger partial charge on any atom is -0.466 e. The van der Waals surface area contributed by atoms with Crippen molar-refractivity contribution in [1.82, 2.24) is 15.5 Å². The van der Waals surface area contributed by atoms with Gasteiger partial charge in [0, 0.05) is 29.9 Å². The second-order valence-corrected chi connectivity index (χ2v) is 4.07. The van der Waals surface area contributed by atoms with Crippen LogP contribution in [0.2, 0.25) is 0 Å². The van der Waals surface area contributed by atoms with Crippen LogP contribution in [0.4, 0.5) is 0 Å². The Bertz CT molecular complexity index is 445. The van der Waals surface area contributed by atoms with E-state index >= 15 is 0 Å². The molecule has 16 heavy (non-hydrogen) atoms. The van der Waals surface area contributed by atoms with Crippen LogP contribution in [-0.4, -0.2) is 10.2 Å². The summed E-state index contributed by atoms with van der Waals surface area (Å²) in [7, 11) is 0. The molecule has 1 unspecified atom stereocenters. The summed E-state index contributed by atoms with van der Waals surface area (Å²) in [5.41, 5.74) is 2.38. The van der Waals surface area contributed by atoms with Gasteiger partial charge in [-0.25, -0.2) is 0 Å². The lowest BCUT2D eigenvalue weighted by molar-refractivity contribution is 0.495. The third-order valence-corrected chi connectivity index (χ3v) is 2.76. The fourth-order valence-corrected chi connectivity index (χ4v) is 1.74. The monoisotopic (exact) mass is 219 g/mol. The number of aromatic amines is 1. The highest BCUT2D eigenvalue weighted by atomic mass is 16.3. The van der Waals surface area contributed by atoms with E-state index in [2.05, 4.69) is 28.5 Å². The van der Waals surface area contributed by atoms with Crippen molar-refractivity contribution in [2.45, 2.75) is 33.4 Å². The predicted molar refractivity (Wildman–Crippen MR) is 62.0 cm³/mol. The van der Waals surface area contributed by atoms with E-state index < -0.39 is 0 Å². The number of aromatic nitrogens is 2. The van der Waals surface area contributed by atoms with Crippen LogP contribution < -0.4 is 5.32 Å². The molecule has 0 aliphatic carbocycles. The number of H-pyrrole nitrogens is 1. The molecule has 4 nitrogen and oxygen atoms in total. The van der Waals surface area contributed by atoms with Crippen LogP contribution in [0.1, 0.15) is 35.6 Å². The first-order chi connectivity index (χ1) is 7.66. The first-order valence-electron chi connectivity index (χ1n) is 5.45. The van der Waals surface area contributed by atoms with Crippen molar-refractivity contribution < 1.29 is 4.42 Å². The molecule has 2 heterocycles. The van der Waals surface area contributed by atoms with Crippen LogP contribution in [-0.2, 0) is 6.54 Å². The molecule has 0 radical (unpaired) electrons. The molecule has 1 atom stereocenters. The Hall–Kier alpha value is -1.55. The minimum absolute atomic E-state index is 0.286. The lowest BCUT2D eigenvalue weighted by atomic mass is 10.1. The second-order valence-electron chi connectivity index (χ2n) is 4.07. The predicted octanol–water partition coefficient (Wildman–Crippen LogP) is 2.47. The maximum absolute atomic E-state index is 5.48. The highest BCUT2D eigenvalue weighted by Crippen LogP contribution is 2.15. The SMILES string of the molecule is Cc1cc(CNC(C)c2cn[nH]c2)c(C)o1. The standard InChI is InChI=1S/C12H17N3O/c1-8-4-11(10(3)16-8)5-13-9(2)12-6-14-15-7-12/h4,6-7,9,13H,5H2,1-3H3,(H,14,15). The van der Waals surface area contributed by atoms with Gasteiger partial charge in [-0.1, -0.05) is 0 Å². The first-order valence-corrected chi connectivity index (χ1v) is 5.45. The van der Waals surface area contributed by atoms with Crippen LogP contribution in [0.25, 0.3) is 0 Å². The molecule has 2 rings (SSSR count). The number of hydrogen-bond donors (Lipinski definition) is 2. The lowest BCUT2D eigenvalue weighted by Crippen LogP contribution is -2.17. The van der Waals surface area contributed by atoms with Gasteiger partial charge in [-0.3, -0.25) is 5.10 Å². The summed E-state index contributed by atoms with van der Waals surface area (Å²) in [6.45, 7) is 6.89. The molecule has 0 aromatic carbocycles. The van der Waals surface area contributed by atoms with Gasteiger partial charge < -0.3 is 9.73 Å². The maximum atomic E-state index is 5.48. The molecule has 0 amide bonds. The van der Waals surface area contributed by atoms with Gasteiger partial charge in [-0.05, 0) is 26.8 Å². The third kappa shape index (κ3) is 2.33. The van der Waals surface area contributed by atoms with Gasteiger partial charge in [-0.2, -0.15) is 5.10 Å². The minimum atomic E-state index is 0.286. The molecule has 0 aliphatic heterocycles. The number of nitrogens with one attached hydrogen (secondary N) is 2. The molecule has 0 saturated carbocycles. The van der Waals surface area contributed by atoms with Crippen LogP contribution in [0.3, 0.4) is 0 Å². The summed E-state index contributed by atoms with van der Waals surface area (Å²) in [5, 5.41) is 10.2. The summed E-state index contributed by atoms with van der Waals surface area (Å²) < 4.78 is 5.48. The molecule has 2 aromatic rings. The molecule has 0 fully saturated rings. The molecular weight excluding hydrogens is 202 g/mol. The molecule has 0 aliphatic rings. The van der Waals surface area contributed by atoms with Gasteiger partial charge in [0.2, 0.25) is 0 Å². The largest absolute Gasteiger partial charge is 0.466 e.